The molecule has 0 amide bonds. The molecule has 0 unspecified atom stereocenters. The molecule has 0 aliphatic heterocycles. The Kier molecular flexibility index (Phi) is 8.48. The summed E-state index contributed by atoms with van der Waals surface area (Å²) < 4.78 is 0. The fourth-order valence-electron chi connectivity index (χ4n) is 3.22. The Hall–Kier alpha value is 0.310. The zero-order valence-corrected chi connectivity index (χ0v) is 14.5. The van der Waals surface area contributed by atoms with Gasteiger partial charge in [0.15, 0.2) is 0 Å². The highest BCUT2D eigenvalue weighted by molar-refractivity contribution is 7.98. The molecule has 0 radical (unpaired) electrons. The smallest absolute Gasteiger partial charge is 0.00672 e. The Balaban J connectivity index is 2.07. The molecule has 1 rings (SSSR count). The number of rotatable bonds is 9. The monoisotopic (exact) mass is 285 g/mol. The van der Waals surface area contributed by atoms with Crippen molar-refractivity contribution in [1.82, 2.24) is 5.32 Å². The molecule has 0 spiro atoms. The van der Waals surface area contributed by atoms with Crippen molar-refractivity contribution in [2.45, 2.75) is 78.2 Å². The molecule has 2 heteroatoms. The zero-order valence-electron chi connectivity index (χ0n) is 13.6. The topological polar surface area (TPSA) is 12.0 Å². The molecule has 1 fully saturated rings. The van der Waals surface area contributed by atoms with E-state index in [2.05, 4.69) is 32.3 Å². The summed E-state index contributed by atoms with van der Waals surface area (Å²) in [5, 5.41) is 3.78. The molecule has 114 valence electrons. The predicted octanol–water partition coefficient (Wildman–Crippen LogP) is 5.10. The van der Waals surface area contributed by atoms with Gasteiger partial charge in [-0.2, -0.15) is 11.8 Å². The summed E-state index contributed by atoms with van der Waals surface area (Å²) in [4.78, 5) is 0. The summed E-state index contributed by atoms with van der Waals surface area (Å²) in [5.74, 6) is 2.29. The van der Waals surface area contributed by atoms with Gasteiger partial charge in [0, 0.05) is 6.04 Å². The van der Waals surface area contributed by atoms with Crippen LogP contribution in [0.15, 0.2) is 0 Å². The highest BCUT2D eigenvalue weighted by Crippen LogP contribution is 2.40. The van der Waals surface area contributed by atoms with E-state index in [0.29, 0.717) is 5.41 Å². The predicted molar refractivity (Wildman–Crippen MR) is 90.1 cm³/mol. The normalized spacial score (nSPS) is 24.6. The van der Waals surface area contributed by atoms with Gasteiger partial charge in [0.1, 0.15) is 0 Å². The standard InChI is InChI=1S/C17H35NS/c1-5-17(2,3)15-9-11-16(12-10-15)18-13-7-6-8-14-19-4/h15-16,18H,5-14H2,1-4H3. The first-order chi connectivity index (χ1) is 9.10. The summed E-state index contributed by atoms with van der Waals surface area (Å²) in [6, 6.07) is 0.810. The fourth-order valence-corrected chi connectivity index (χ4v) is 3.71. The fraction of sp³-hybridized carbons (Fsp3) is 1.00. The van der Waals surface area contributed by atoms with E-state index < -0.39 is 0 Å². The third-order valence-corrected chi connectivity index (χ3v) is 5.90. The number of hydrogen-bond donors (Lipinski definition) is 1. The highest BCUT2D eigenvalue weighted by Gasteiger charge is 2.31. The summed E-state index contributed by atoms with van der Waals surface area (Å²) in [6.07, 6.45) is 13.3. The second-order valence-corrected chi connectivity index (χ2v) is 7.88. The first kappa shape index (κ1) is 17.4. The van der Waals surface area contributed by atoms with Gasteiger partial charge in [0.25, 0.3) is 0 Å². The minimum Gasteiger partial charge on any atom is -0.314 e. The van der Waals surface area contributed by atoms with Crippen LogP contribution in [0, 0.1) is 11.3 Å². The van der Waals surface area contributed by atoms with Gasteiger partial charge in [-0.1, -0.05) is 33.6 Å². The molecule has 0 atom stereocenters. The number of thioether (sulfide) groups is 1. The van der Waals surface area contributed by atoms with Crippen molar-refractivity contribution >= 4 is 11.8 Å². The van der Waals surface area contributed by atoms with Crippen molar-refractivity contribution in [3.8, 4) is 0 Å². The highest BCUT2D eigenvalue weighted by atomic mass is 32.2. The molecule has 0 aromatic carbocycles. The van der Waals surface area contributed by atoms with Gasteiger partial charge in [0.2, 0.25) is 0 Å². The van der Waals surface area contributed by atoms with E-state index in [1.54, 1.807) is 0 Å². The molecule has 1 N–H and O–H groups in total. The second-order valence-electron chi connectivity index (χ2n) is 6.90. The van der Waals surface area contributed by atoms with E-state index in [1.165, 1.54) is 63.7 Å². The van der Waals surface area contributed by atoms with Crippen LogP contribution < -0.4 is 5.32 Å². The molecule has 0 saturated heterocycles. The number of nitrogens with one attached hydrogen (secondary N) is 1. The van der Waals surface area contributed by atoms with E-state index in [9.17, 15) is 0 Å². The molecule has 0 aromatic rings. The van der Waals surface area contributed by atoms with Crippen LogP contribution in [0.2, 0.25) is 0 Å². The van der Waals surface area contributed by atoms with Crippen LogP contribution >= 0.6 is 11.8 Å². The van der Waals surface area contributed by atoms with Gasteiger partial charge < -0.3 is 5.32 Å². The van der Waals surface area contributed by atoms with Gasteiger partial charge in [-0.15, -0.1) is 0 Å². The van der Waals surface area contributed by atoms with Crippen LogP contribution in [0.1, 0.15) is 72.1 Å². The van der Waals surface area contributed by atoms with Gasteiger partial charge in [-0.25, -0.2) is 0 Å². The minimum absolute atomic E-state index is 0.558. The van der Waals surface area contributed by atoms with Crippen molar-refractivity contribution in [2.24, 2.45) is 11.3 Å². The van der Waals surface area contributed by atoms with E-state index in [0.717, 1.165) is 12.0 Å². The van der Waals surface area contributed by atoms with Gasteiger partial charge in [0.05, 0.1) is 0 Å². The lowest BCUT2D eigenvalue weighted by Crippen LogP contribution is -2.37. The molecule has 0 heterocycles. The summed E-state index contributed by atoms with van der Waals surface area (Å²) >= 11 is 1.97. The zero-order chi connectivity index (χ0) is 14.1. The van der Waals surface area contributed by atoms with Crippen LogP contribution in [0.4, 0.5) is 0 Å². The van der Waals surface area contributed by atoms with E-state index in [-0.39, 0.29) is 0 Å². The van der Waals surface area contributed by atoms with Crippen LogP contribution in [0.3, 0.4) is 0 Å². The molecule has 0 bridgehead atoms. The molecular formula is C17H35NS. The quantitative estimate of drug-likeness (QED) is 0.591. The Morgan fingerprint density at radius 2 is 1.74 bits per heavy atom. The Morgan fingerprint density at radius 1 is 1.05 bits per heavy atom. The maximum atomic E-state index is 3.78. The molecule has 1 saturated carbocycles. The first-order valence-corrected chi connectivity index (χ1v) is 9.72. The van der Waals surface area contributed by atoms with Gasteiger partial charge in [-0.3, -0.25) is 0 Å². The van der Waals surface area contributed by atoms with Crippen molar-refractivity contribution in [1.29, 1.82) is 0 Å². The van der Waals surface area contributed by atoms with E-state index in [4.69, 9.17) is 0 Å². The number of hydrogen-bond acceptors (Lipinski definition) is 2. The maximum Gasteiger partial charge on any atom is 0.00672 e. The van der Waals surface area contributed by atoms with Crippen molar-refractivity contribution < 1.29 is 0 Å². The molecule has 1 aliphatic carbocycles. The lowest BCUT2D eigenvalue weighted by molar-refractivity contribution is 0.137. The van der Waals surface area contributed by atoms with Crippen LogP contribution in [-0.2, 0) is 0 Å². The van der Waals surface area contributed by atoms with Crippen LogP contribution in [-0.4, -0.2) is 24.6 Å². The summed E-state index contributed by atoms with van der Waals surface area (Å²) in [7, 11) is 0. The van der Waals surface area contributed by atoms with E-state index in [1.807, 2.05) is 11.8 Å². The lowest BCUT2D eigenvalue weighted by atomic mass is 9.69. The summed E-state index contributed by atoms with van der Waals surface area (Å²) in [6.45, 7) is 8.49. The number of unbranched alkanes of at least 4 members (excludes halogenated alkanes) is 2. The van der Waals surface area contributed by atoms with Crippen molar-refractivity contribution in [3.63, 3.8) is 0 Å². The minimum atomic E-state index is 0.558. The third kappa shape index (κ3) is 6.53. The third-order valence-electron chi connectivity index (χ3n) is 5.20. The van der Waals surface area contributed by atoms with Crippen LogP contribution in [0.5, 0.6) is 0 Å². The van der Waals surface area contributed by atoms with Crippen molar-refractivity contribution in [2.75, 3.05) is 18.6 Å². The molecule has 0 aromatic heterocycles. The van der Waals surface area contributed by atoms with Gasteiger partial charge >= 0.3 is 0 Å². The average Bonchev–Trinajstić information content (AvgIpc) is 2.43. The molecule has 19 heavy (non-hydrogen) atoms. The largest absolute Gasteiger partial charge is 0.314 e. The Labute approximate surface area is 125 Å². The first-order valence-electron chi connectivity index (χ1n) is 8.32. The molecule has 1 aliphatic rings. The average molecular weight is 286 g/mol. The van der Waals surface area contributed by atoms with E-state index >= 15 is 0 Å². The Morgan fingerprint density at radius 3 is 2.32 bits per heavy atom. The van der Waals surface area contributed by atoms with Gasteiger partial charge in [-0.05, 0) is 68.4 Å². The van der Waals surface area contributed by atoms with Crippen molar-refractivity contribution in [3.05, 3.63) is 0 Å². The molecular weight excluding hydrogens is 250 g/mol. The SMILES string of the molecule is CCC(C)(C)C1CCC(NCCCCCSC)CC1. The van der Waals surface area contributed by atoms with Crippen LogP contribution in [0.25, 0.3) is 0 Å². The summed E-state index contributed by atoms with van der Waals surface area (Å²) in [5.41, 5.74) is 0.558. The maximum absolute atomic E-state index is 3.78. The Bertz CT molecular complexity index is 219. The lowest BCUT2D eigenvalue weighted by Gasteiger charge is -2.39. The second kappa shape index (κ2) is 9.28. The molecule has 1 nitrogen and oxygen atoms in total.